The summed E-state index contributed by atoms with van der Waals surface area (Å²) in [5, 5.41) is 4.59. The number of aromatic nitrogens is 4. The van der Waals surface area contributed by atoms with E-state index in [0.29, 0.717) is 24.7 Å². The van der Waals surface area contributed by atoms with Crippen molar-refractivity contribution in [3.05, 3.63) is 80.3 Å². The Kier molecular flexibility index (Phi) is 5.49. The zero-order chi connectivity index (χ0) is 23.0. The van der Waals surface area contributed by atoms with Gasteiger partial charge in [0.25, 0.3) is 0 Å². The SMILES string of the molecule is COc1ccc(Cn2nc3n(c(=O)c2=O)C[C@]2(CCN(Cc4cccnc4OC)C2)C3)cc1. The van der Waals surface area contributed by atoms with Gasteiger partial charge in [-0.1, -0.05) is 18.2 Å². The van der Waals surface area contributed by atoms with E-state index in [-0.39, 0.29) is 12.0 Å². The number of pyridine rings is 1. The molecule has 0 saturated carbocycles. The molecule has 9 heteroatoms. The molecule has 0 unspecified atom stereocenters. The molecule has 4 heterocycles. The minimum Gasteiger partial charge on any atom is -0.497 e. The Balaban J connectivity index is 1.34. The molecule has 1 atom stereocenters. The molecule has 1 saturated heterocycles. The molecule has 1 fully saturated rings. The standard InChI is InChI=1S/C24H27N5O4/c1-32-19-7-5-17(6-8-19)13-29-23(31)22(30)28-16-24(12-20(28)26-29)9-11-27(15-24)14-18-4-3-10-25-21(18)33-2/h3-8,10H,9,11-16H2,1-2H3/t24-/m1/s1. The van der Waals surface area contributed by atoms with E-state index in [9.17, 15) is 9.59 Å². The molecule has 0 amide bonds. The van der Waals surface area contributed by atoms with Crippen LogP contribution in [0.2, 0.25) is 0 Å². The topological polar surface area (TPSA) is 91.5 Å². The van der Waals surface area contributed by atoms with Crippen LogP contribution in [0.15, 0.2) is 52.2 Å². The monoisotopic (exact) mass is 449 g/mol. The van der Waals surface area contributed by atoms with Gasteiger partial charge in [-0.15, -0.1) is 0 Å². The van der Waals surface area contributed by atoms with E-state index in [1.54, 1.807) is 25.0 Å². The molecule has 9 nitrogen and oxygen atoms in total. The maximum Gasteiger partial charge on any atom is 0.332 e. The molecule has 0 bridgehead atoms. The minimum atomic E-state index is -0.582. The van der Waals surface area contributed by atoms with Gasteiger partial charge in [0.2, 0.25) is 5.88 Å². The van der Waals surface area contributed by atoms with Gasteiger partial charge in [0.15, 0.2) is 0 Å². The molecular weight excluding hydrogens is 422 g/mol. The smallest absolute Gasteiger partial charge is 0.332 e. The largest absolute Gasteiger partial charge is 0.497 e. The summed E-state index contributed by atoms with van der Waals surface area (Å²) in [5.41, 5.74) is 0.779. The molecule has 2 aromatic heterocycles. The Morgan fingerprint density at radius 2 is 1.82 bits per heavy atom. The van der Waals surface area contributed by atoms with Crippen LogP contribution in [-0.2, 0) is 26.1 Å². The van der Waals surface area contributed by atoms with Gasteiger partial charge in [-0.3, -0.25) is 19.1 Å². The average Bonchev–Trinajstić information content (AvgIpc) is 3.40. The maximum absolute atomic E-state index is 12.9. The summed E-state index contributed by atoms with van der Waals surface area (Å²) in [6, 6.07) is 11.4. The fourth-order valence-electron chi connectivity index (χ4n) is 5.02. The summed E-state index contributed by atoms with van der Waals surface area (Å²) in [6.07, 6.45) is 3.36. The first kappa shape index (κ1) is 21.4. The third kappa shape index (κ3) is 4.04. The highest BCUT2D eigenvalue weighted by Crippen LogP contribution is 2.40. The van der Waals surface area contributed by atoms with Crippen molar-refractivity contribution in [1.29, 1.82) is 0 Å². The lowest BCUT2D eigenvalue weighted by Gasteiger charge is -2.23. The number of ether oxygens (including phenoxy) is 2. The summed E-state index contributed by atoms with van der Waals surface area (Å²) in [6.45, 7) is 3.28. The molecule has 0 N–H and O–H groups in total. The van der Waals surface area contributed by atoms with Crippen LogP contribution in [0, 0.1) is 5.41 Å². The van der Waals surface area contributed by atoms with E-state index in [1.165, 1.54) is 4.68 Å². The van der Waals surface area contributed by atoms with Crippen molar-refractivity contribution >= 4 is 0 Å². The highest BCUT2D eigenvalue weighted by molar-refractivity contribution is 5.27. The Hall–Kier alpha value is -3.46. The number of nitrogens with zero attached hydrogens (tertiary/aromatic N) is 5. The summed E-state index contributed by atoms with van der Waals surface area (Å²) in [5.74, 6) is 2.07. The van der Waals surface area contributed by atoms with Gasteiger partial charge in [0.1, 0.15) is 11.6 Å². The second-order valence-electron chi connectivity index (χ2n) is 8.93. The van der Waals surface area contributed by atoms with Crippen LogP contribution in [0.1, 0.15) is 23.4 Å². The lowest BCUT2D eigenvalue weighted by Crippen LogP contribution is -2.43. The lowest BCUT2D eigenvalue weighted by molar-refractivity contribution is 0.243. The fraction of sp³-hybridized carbons (Fsp3) is 0.417. The fourth-order valence-corrected chi connectivity index (χ4v) is 5.02. The van der Waals surface area contributed by atoms with E-state index < -0.39 is 11.1 Å². The summed E-state index contributed by atoms with van der Waals surface area (Å²) < 4.78 is 13.5. The number of benzene rings is 1. The first-order valence-electron chi connectivity index (χ1n) is 11.0. The number of hydrogen-bond acceptors (Lipinski definition) is 7. The van der Waals surface area contributed by atoms with Gasteiger partial charge >= 0.3 is 11.1 Å². The molecule has 172 valence electrons. The number of methoxy groups -OCH3 is 2. The highest BCUT2D eigenvalue weighted by atomic mass is 16.5. The first-order valence-corrected chi connectivity index (χ1v) is 11.0. The molecule has 3 aromatic rings. The Morgan fingerprint density at radius 1 is 1.00 bits per heavy atom. The van der Waals surface area contributed by atoms with E-state index in [2.05, 4.69) is 15.0 Å². The summed E-state index contributed by atoms with van der Waals surface area (Å²) >= 11 is 0. The predicted molar refractivity (Wildman–Crippen MR) is 122 cm³/mol. The van der Waals surface area contributed by atoms with Gasteiger partial charge in [-0.25, -0.2) is 9.67 Å². The molecule has 1 spiro atoms. The predicted octanol–water partition coefficient (Wildman–Crippen LogP) is 1.31. The second-order valence-corrected chi connectivity index (χ2v) is 8.93. The summed E-state index contributed by atoms with van der Waals surface area (Å²) in [7, 11) is 3.24. The highest BCUT2D eigenvalue weighted by Gasteiger charge is 2.44. The third-order valence-electron chi connectivity index (χ3n) is 6.68. The van der Waals surface area contributed by atoms with Crippen molar-refractivity contribution in [2.24, 2.45) is 5.41 Å². The van der Waals surface area contributed by atoms with Crippen molar-refractivity contribution in [3.63, 3.8) is 0 Å². The van der Waals surface area contributed by atoms with Crippen LogP contribution in [0.25, 0.3) is 0 Å². The van der Waals surface area contributed by atoms with Gasteiger partial charge in [0, 0.05) is 43.2 Å². The van der Waals surface area contributed by atoms with E-state index >= 15 is 0 Å². The zero-order valence-corrected chi connectivity index (χ0v) is 18.9. The van der Waals surface area contributed by atoms with E-state index in [1.807, 2.05) is 36.4 Å². The molecule has 2 aliphatic heterocycles. The lowest BCUT2D eigenvalue weighted by atomic mass is 9.86. The van der Waals surface area contributed by atoms with Crippen molar-refractivity contribution in [1.82, 2.24) is 24.2 Å². The number of fused-ring (bicyclic) bond motifs is 1. The van der Waals surface area contributed by atoms with E-state index in [4.69, 9.17) is 9.47 Å². The van der Waals surface area contributed by atoms with E-state index in [0.717, 1.165) is 42.9 Å². The van der Waals surface area contributed by atoms with Gasteiger partial charge < -0.3 is 9.47 Å². The second kappa shape index (κ2) is 8.47. The van der Waals surface area contributed by atoms with Crippen LogP contribution in [-0.4, -0.2) is 51.5 Å². The van der Waals surface area contributed by atoms with Crippen molar-refractivity contribution in [2.75, 3.05) is 27.3 Å². The van der Waals surface area contributed by atoms with Gasteiger partial charge in [-0.05, 0) is 36.7 Å². The first-order chi connectivity index (χ1) is 16.0. The van der Waals surface area contributed by atoms with Crippen molar-refractivity contribution in [3.8, 4) is 11.6 Å². The van der Waals surface area contributed by atoms with Crippen LogP contribution < -0.4 is 20.6 Å². The van der Waals surface area contributed by atoms with Crippen molar-refractivity contribution < 1.29 is 9.47 Å². The minimum absolute atomic E-state index is 0.0830. The normalized spacial score (nSPS) is 19.7. The molecule has 5 rings (SSSR count). The average molecular weight is 450 g/mol. The van der Waals surface area contributed by atoms with Crippen LogP contribution in [0.5, 0.6) is 11.6 Å². The maximum atomic E-state index is 12.9. The molecule has 0 aliphatic carbocycles. The quantitative estimate of drug-likeness (QED) is 0.524. The Labute approximate surface area is 191 Å². The van der Waals surface area contributed by atoms with Crippen LogP contribution in [0.4, 0.5) is 0 Å². The van der Waals surface area contributed by atoms with Gasteiger partial charge in [0.05, 0.1) is 20.8 Å². The molecule has 33 heavy (non-hydrogen) atoms. The number of rotatable bonds is 6. The Bertz CT molecular complexity index is 1280. The third-order valence-corrected chi connectivity index (χ3v) is 6.68. The van der Waals surface area contributed by atoms with Crippen LogP contribution >= 0.6 is 0 Å². The Morgan fingerprint density at radius 3 is 2.58 bits per heavy atom. The molecule has 1 aromatic carbocycles. The van der Waals surface area contributed by atoms with Crippen LogP contribution in [0.3, 0.4) is 0 Å². The zero-order valence-electron chi connectivity index (χ0n) is 18.9. The molecule has 2 aliphatic rings. The van der Waals surface area contributed by atoms with Gasteiger partial charge in [-0.2, -0.15) is 5.10 Å². The number of likely N-dealkylation sites (tertiary alicyclic amines) is 1. The number of hydrogen-bond donors (Lipinski definition) is 0. The molecular formula is C24H27N5O4. The summed E-state index contributed by atoms with van der Waals surface area (Å²) in [4.78, 5) is 32.3. The molecule has 0 radical (unpaired) electrons. The van der Waals surface area contributed by atoms with Crippen molar-refractivity contribution in [2.45, 2.75) is 32.5 Å².